The molecule has 2 heteroatoms. The summed E-state index contributed by atoms with van der Waals surface area (Å²) in [6.07, 6.45) is 0. The molecule has 10 aromatic carbocycles. The number of benzene rings is 10. The molecule has 1 nitrogen and oxygen atoms in total. The number of hydrogen-bond donors (Lipinski definition) is 0. The van der Waals surface area contributed by atoms with E-state index in [1.165, 1.54) is 115 Å². The van der Waals surface area contributed by atoms with E-state index in [1.807, 2.05) is 11.3 Å². The van der Waals surface area contributed by atoms with Crippen molar-refractivity contribution in [3.63, 3.8) is 0 Å². The van der Waals surface area contributed by atoms with E-state index in [9.17, 15) is 0 Å². The van der Waals surface area contributed by atoms with Crippen LogP contribution < -0.4 is 4.90 Å². The van der Waals surface area contributed by atoms with Gasteiger partial charge in [0.25, 0.3) is 0 Å². The minimum Gasteiger partial charge on any atom is -0.309 e. The van der Waals surface area contributed by atoms with Crippen molar-refractivity contribution in [2.75, 3.05) is 4.90 Å². The van der Waals surface area contributed by atoms with Crippen molar-refractivity contribution in [2.24, 2.45) is 0 Å². The Morgan fingerprint density at radius 3 is 1.48 bits per heavy atom. The van der Waals surface area contributed by atoms with Gasteiger partial charge in [0.05, 0.1) is 11.1 Å². The number of fused-ring (bicyclic) bond motifs is 16. The highest BCUT2D eigenvalue weighted by Gasteiger charge is 2.53. The zero-order valence-corrected chi connectivity index (χ0v) is 37.5. The lowest BCUT2D eigenvalue weighted by Crippen LogP contribution is -2.26. The zero-order chi connectivity index (χ0) is 43.7. The van der Waals surface area contributed by atoms with Crippen molar-refractivity contribution in [2.45, 2.75) is 24.7 Å². The van der Waals surface area contributed by atoms with Gasteiger partial charge in [-0.2, -0.15) is 0 Å². The molecular weight excluding hydrogens is 815 g/mol. The van der Waals surface area contributed by atoms with Crippen molar-refractivity contribution in [1.29, 1.82) is 0 Å². The van der Waals surface area contributed by atoms with E-state index in [2.05, 4.69) is 243 Å². The van der Waals surface area contributed by atoms with Crippen molar-refractivity contribution in [1.82, 2.24) is 0 Å². The number of anilines is 3. The Bertz CT molecular complexity index is 3740. The van der Waals surface area contributed by atoms with Crippen molar-refractivity contribution in [3.05, 3.63) is 258 Å². The topological polar surface area (TPSA) is 3.24 Å². The molecule has 3 aliphatic rings. The summed E-state index contributed by atoms with van der Waals surface area (Å²) in [5, 5.41) is 2.56. The molecule has 14 rings (SSSR count). The summed E-state index contributed by atoms with van der Waals surface area (Å²) in [5.74, 6) is 0. The number of rotatable bonds is 5. The summed E-state index contributed by atoms with van der Waals surface area (Å²) in [6, 6.07) is 84.5. The summed E-state index contributed by atoms with van der Waals surface area (Å²) >= 11 is 1.92. The van der Waals surface area contributed by atoms with Crippen LogP contribution in [0.3, 0.4) is 0 Å². The average Bonchev–Trinajstić information content (AvgIpc) is 4.06. The van der Waals surface area contributed by atoms with E-state index < -0.39 is 5.41 Å². The van der Waals surface area contributed by atoms with E-state index >= 15 is 0 Å². The van der Waals surface area contributed by atoms with Gasteiger partial charge >= 0.3 is 0 Å². The van der Waals surface area contributed by atoms with E-state index in [-0.39, 0.29) is 5.41 Å². The normalized spacial score (nSPS) is 14.2. The predicted octanol–water partition coefficient (Wildman–Crippen LogP) is 17.5. The van der Waals surface area contributed by atoms with Crippen LogP contribution in [0.15, 0.2) is 224 Å². The Morgan fingerprint density at radius 2 is 0.833 bits per heavy atom. The van der Waals surface area contributed by atoms with Gasteiger partial charge in [0.15, 0.2) is 0 Å². The fraction of sp³-hybridized carbons (Fsp3) is 0.0625. The molecule has 0 saturated carbocycles. The molecule has 0 N–H and O–H groups in total. The van der Waals surface area contributed by atoms with Crippen LogP contribution in [0.4, 0.5) is 17.1 Å². The van der Waals surface area contributed by atoms with Gasteiger partial charge in [0.1, 0.15) is 0 Å². The molecular formula is C64H43NS. The van der Waals surface area contributed by atoms with Crippen LogP contribution in [-0.2, 0) is 10.8 Å². The van der Waals surface area contributed by atoms with Gasteiger partial charge in [0, 0.05) is 42.5 Å². The third-order valence-corrected chi connectivity index (χ3v) is 16.2. The fourth-order valence-corrected chi connectivity index (χ4v) is 13.3. The first-order chi connectivity index (χ1) is 32.5. The number of hydrogen-bond acceptors (Lipinski definition) is 2. The molecule has 0 bridgehead atoms. The van der Waals surface area contributed by atoms with Gasteiger partial charge in [0.2, 0.25) is 0 Å². The highest BCUT2D eigenvalue weighted by molar-refractivity contribution is 7.26. The van der Waals surface area contributed by atoms with Gasteiger partial charge in [-0.05, 0) is 126 Å². The standard InChI is InChI=1S/C64H43NS/c1-63(2)52-25-13-9-21-46(52)49-35-34-45(38-56(49)63)65(44-32-29-42(30-33-44)40-17-5-3-6-18-40)62-60-50-24-12-16-28-55(50)64(53-26-14-10-22-47(53)48-23-11-15-27-54(48)64)57(60)39-59-61(62)51-37-43(31-36-58(51)66-59)41-19-7-4-8-20-41/h3-39H,1-2H3. The van der Waals surface area contributed by atoms with Crippen LogP contribution in [-0.4, -0.2) is 0 Å². The van der Waals surface area contributed by atoms with Crippen molar-refractivity contribution < 1.29 is 0 Å². The fourth-order valence-electron chi connectivity index (χ4n) is 12.2. The Balaban J connectivity index is 1.14. The second kappa shape index (κ2) is 13.9. The second-order valence-electron chi connectivity index (χ2n) is 18.7. The minimum atomic E-state index is -0.502. The summed E-state index contributed by atoms with van der Waals surface area (Å²) < 4.78 is 2.58. The predicted molar refractivity (Wildman–Crippen MR) is 279 cm³/mol. The Morgan fingerprint density at radius 1 is 0.348 bits per heavy atom. The van der Waals surface area contributed by atoms with Gasteiger partial charge in [-0.15, -0.1) is 11.3 Å². The average molecular weight is 858 g/mol. The van der Waals surface area contributed by atoms with E-state index in [4.69, 9.17) is 0 Å². The molecule has 0 aliphatic heterocycles. The van der Waals surface area contributed by atoms with E-state index in [0.717, 1.165) is 11.4 Å². The molecule has 1 heterocycles. The van der Waals surface area contributed by atoms with Gasteiger partial charge < -0.3 is 4.90 Å². The van der Waals surface area contributed by atoms with Crippen LogP contribution in [0.2, 0.25) is 0 Å². The maximum absolute atomic E-state index is 2.62. The quantitative estimate of drug-likeness (QED) is 0.167. The smallest absolute Gasteiger partial charge is 0.0726 e. The van der Waals surface area contributed by atoms with Crippen molar-refractivity contribution in [3.8, 4) is 55.6 Å². The molecule has 310 valence electrons. The monoisotopic (exact) mass is 857 g/mol. The summed E-state index contributed by atoms with van der Waals surface area (Å²) in [5.41, 5.74) is 23.7. The van der Waals surface area contributed by atoms with Crippen LogP contribution in [0.1, 0.15) is 47.2 Å². The lowest BCUT2D eigenvalue weighted by Gasteiger charge is -2.33. The SMILES string of the molecule is CC1(C)c2ccccc2-c2ccc(N(c3ccc(-c4ccccc4)cc3)c3c4c(cc5sc6ccc(-c7ccccc7)cc6c35)C3(c5ccccc5-c5ccccc53)c3ccccc3-4)cc21. The first-order valence-corrected chi connectivity index (χ1v) is 23.9. The molecule has 11 aromatic rings. The Hall–Kier alpha value is -7.78. The third kappa shape index (κ3) is 5.05. The summed E-state index contributed by atoms with van der Waals surface area (Å²) in [6.45, 7) is 4.79. The van der Waals surface area contributed by atoms with Gasteiger partial charge in [-0.3, -0.25) is 0 Å². The second-order valence-corrected chi connectivity index (χ2v) is 19.8. The largest absolute Gasteiger partial charge is 0.309 e. The van der Waals surface area contributed by atoms with Crippen molar-refractivity contribution >= 4 is 48.6 Å². The molecule has 0 atom stereocenters. The molecule has 0 unspecified atom stereocenters. The Labute approximate surface area is 389 Å². The third-order valence-electron chi connectivity index (χ3n) is 15.1. The first-order valence-electron chi connectivity index (χ1n) is 23.1. The number of thiophene rings is 1. The molecule has 66 heavy (non-hydrogen) atoms. The van der Waals surface area contributed by atoms with E-state index in [0.29, 0.717) is 0 Å². The van der Waals surface area contributed by atoms with Gasteiger partial charge in [-0.1, -0.05) is 196 Å². The number of nitrogens with zero attached hydrogens (tertiary/aromatic N) is 1. The summed E-state index contributed by atoms with van der Waals surface area (Å²) in [7, 11) is 0. The molecule has 0 saturated heterocycles. The van der Waals surface area contributed by atoms with Gasteiger partial charge in [-0.25, -0.2) is 0 Å². The molecule has 0 fully saturated rings. The molecule has 1 spiro atoms. The minimum absolute atomic E-state index is 0.174. The maximum atomic E-state index is 2.62. The van der Waals surface area contributed by atoms with Crippen LogP contribution in [0.5, 0.6) is 0 Å². The van der Waals surface area contributed by atoms with E-state index in [1.54, 1.807) is 0 Å². The van der Waals surface area contributed by atoms with Crippen LogP contribution in [0.25, 0.3) is 75.8 Å². The molecule has 3 aliphatic carbocycles. The molecule has 0 amide bonds. The highest BCUT2D eigenvalue weighted by atomic mass is 32.1. The summed E-state index contributed by atoms with van der Waals surface area (Å²) in [4.78, 5) is 2.62. The lowest BCUT2D eigenvalue weighted by molar-refractivity contribution is 0.660. The molecule has 1 aromatic heterocycles. The maximum Gasteiger partial charge on any atom is 0.0726 e. The van der Waals surface area contributed by atoms with Crippen LogP contribution in [0, 0.1) is 0 Å². The molecule has 0 radical (unpaired) electrons. The van der Waals surface area contributed by atoms with Crippen LogP contribution >= 0.6 is 11.3 Å². The first kappa shape index (κ1) is 37.6. The lowest BCUT2D eigenvalue weighted by atomic mass is 9.70. The highest BCUT2D eigenvalue weighted by Crippen LogP contribution is 2.67. The Kier molecular flexibility index (Phi) is 7.89. The zero-order valence-electron chi connectivity index (χ0n) is 36.7.